The molecule has 0 saturated heterocycles. The molecule has 0 aliphatic heterocycles. The van der Waals surface area contributed by atoms with Crippen LogP contribution in [0.1, 0.15) is 35.2 Å². The van der Waals surface area contributed by atoms with Gasteiger partial charge >= 0.3 is 12.1 Å². The quantitative estimate of drug-likeness (QED) is 0.906. The standard InChI is InChI=1S/C12H11F3O3/c13-12(14,15)10-6-8(18-7-2-1-3-7)4-5-9(10)11(16)17/h4-7H,1-3H2,(H,16,17). The van der Waals surface area contributed by atoms with Crippen LogP contribution < -0.4 is 4.74 Å². The Labute approximate surface area is 101 Å². The minimum absolute atomic E-state index is 0.0539. The van der Waals surface area contributed by atoms with Crippen molar-refractivity contribution in [1.29, 1.82) is 0 Å². The molecule has 1 aliphatic carbocycles. The summed E-state index contributed by atoms with van der Waals surface area (Å²) < 4.78 is 43.4. The van der Waals surface area contributed by atoms with Crippen molar-refractivity contribution in [3.05, 3.63) is 29.3 Å². The first-order chi connectivity index (χ1) is 8.38. The molecule has 1 aromatic rings. The molecule has 2 rings (SSSR count). The van der Waals surface area contributed by atoms with Gasteiger partial charge in [0.25, 0.3) is 0 Å². The lowest BCUT2D eigenvalue weighted by atomic mass is 9.96. The summed E-state index contributed by atoms with van der Waals surface area (Å²) in [7, 11) is 0. The zero-order valence-corrected chi connectivity index (χ0v) is 9.33. The highest BCUT2D eigenvalue weighted by Crippen LogP contribution is 2.35. The van der Waals surface area contributed by atoms with Gasteiger partial charge in [0.2, 0.25) is 0 Å². The molecule has 1 aromatic carbocycles. The first-order valence-electron chi connectivity index (χ1n) is 5.49. The zero-order chi connectivity index (χ0) is 13.3. The maximum absolute atomic E-state index is 12.7. The van der Waals surface area contributed by atoms with Crippen molar-refractivity contribution >= 4 is 5.97 Å². The van der Waals surface area contributed by atoms with E-state index in [0.29, 0.717) is 0 Å². The average Bonchev–Trinajstić information content (AvgIpc) is 2.22. The van der Waals surface area contributed by atoms with E-state index >= 15 is 0 Å². The van der Waals surface area contributed by atoms with Crippen LogP contribution in [0.25, 0.3) is 0 Å². The lowest BCUT2D eigenvalue weighted by Gasteiger charge is -2.26. The highest BCUT2D eigenvalue weighted by atomic mass is 19.4. The fourth-order valence-corrected chi connectivity index (χ4v) is 1.70. The highest BCUT2D eigenvalue weighted by molar-refractivity contribution is 5.89. The number of benzene rings is 1. The summed E-state index contributed by atoms with van der Waals surface area (Å²) in [4.78, 5) is 10.7. The van der Waals surface area contributed by atoms with E-state index in [-0.39, 0.29) is 11.9 Å². The number of aromatic carboxylic acids is 1. The number of carbonyl (C=O) groups is 1. The molecule has 0 spiro atoms. The van der Waals surface area contributed by atoms with Gasteiger partial charge < -0.3 is 9.84 Å². The smallest absolute Gasteiger partial charge is 0.417 e. The molecule has 1 N–H and O–H groups in total. The van der Waals surface area contributed by atoms with Crippen molar-refractivity contribution in [2.45, 2.75) is 31.5 Å². The Kier molecular flexibility index (Phi) is 3.19. The number of hydrogen-bond acceptors (Lipinski definition) is 2. The van der Waals surface area contributed by atoms with E-state index in [0.717, 1.165) is 31.4 Å². The van der Waals surface area contributed by atoms with Crippen LogP contribution in [0.15, 0.2) is 18.2 Å². The maximum atomic E-state index is 12.7. The van der Waals surface area contributed by atoms with Gasteiger partial charge in [0.15, 0.2) is 0 Å². The van der Waals surface area contributed by atoms with Crippen molar-refractivity contribution in [3.63, 3.8) is 0 Å². The number of ether oxygens (including phenoxy) is 1. The third-order valence-electron chi connectivity index (χ3n) is 2.88. The molecule has 0 bridgehead atoms. The fraction of sp³-hybridized carbons (Fsp3) is 0.417. The van der Waals surface area contributed by atoms with Crippen LogP contribution in [0.3, 0.4) is 0 Å². The second kappa shape index (κ2) is 4.51. The summed E-state index contributed by atoms with van der Waals surface area (Å²) in [6, 6.07) is 2.94. The second-order valence-corrected chi connectivity index (χ2v) is 4.18. The van der Waals surface area contributed by atoms with Gasteiger partial charge in [0, 0.05) is 0 Å². The largest absolute Gasteiger partial charge is 0.490 e. The van der Waals surface area contributed by atoms with Crippen LogP contribution in [0, 0.1) is 0 Å². The van der Waals surface area contributed by atoms with Gasteiger partial charge in [-0.1, -0.05) is 0 Å². The molecule has 3 nitrogen and oxygen atoms in total. The van der Waals surface area contributed by atoms with Crippen LogP contribution in [-0.4, -0.2) is 17.2 Å². The van der Waals surface area contributed by atoms with Crippen molar-refractivity contribution in [2.24, 2.45) is 0 Å². The molecule has 0 amide bonds. The number of hydrogen-bond donors (Lipinski definition) is 1. The van der Waals surface area contributed by atoms with E-state index in [1.165, 1.54) is 6.07 Å². The summed E-state index contributed by atoms with van der Waals surface area (Å²) in [5.41, 5.74) is -1.93. The van der Waals surface area contributed by atoms with E-state index in [1.54, 1.807) is 0 Å². The van der Waals surface area contributed by atoms with Crippen molar-refractivity contribution in [1.82, 2.24) is 0 Å². The van der Waals surface area contributed by atoms with E-state index in [4.69, 9.17) is 9.84 Å². The van der Waals surface area contributed by atoms with E-state index in [1.807, 2.05) is 0 Å². The third-order valence-corrected chi connectivity index (χ3v) is 2.88. The Morgan fingerprint density at radius 3 is 2.44 bits per heavy atom. The lowest BCUT2D eigenvalue weighted by molar-refractivity contribution is -0.138. The Morgan fingerprint density at radius 2 is 2.00 bits per heavy atom. The zero-order valence-electron chi connectivity index (χ0n) is 9.33. The number of carboxylic acids is 1. The van der Waals surface area contributed by atoms with Gasteiger partial charge in [0.1, 0.15) is 5.75 Å². The minimum Gasteiger partial charge on any atom is -0.490 e. The lowest BCUT2D eigenvalue weighted by Crippen LogP contribution is -2.25. The molecule has 98 valence electrons. The van der Waals surface area contributed by atoms with Crippen LogP contribution in [0.2, 0.25) is 0 Å². The van der Waals surface area contributed by atoms with Crippen LogP contribution in [-0.2, 0) is 6.18 Å². The fourth-order valence-electron chi connectivity index (χ4n) is 1.70. The molecule has 0 atom stereocenters. The third kappa shape index (κ3) is 2.57. The Hall–Kier alpha value is -1.72. The first kappa shape index (κ1) is 12.7. The first-order valence-corrected chi connectivity index (χ1v) is 5.49. The van der Waals surface area contributed by atoms with Crippen molar-refractivity contribution < 1.29 is 27.8 Å². The van der Waals surface area contributed by atoms with Crippen molar-refractivity contribution in [2.75, 3.05) is 0 Å². The number of carboxylic acid groups (broad SMARTS) is 1. The predicted octanol–water partition coefficient (Wildman–Crippen LogP) is 3.33. The SMILES string of the molecule is O=C(O)c1ccc(OC2CCC2)cc1C(F)(F)F. The molecule has 1 aliphatic rings. The van der Waals surface area contributed by atoms with Gasteiger partial charge in [-0.15, -0.1) is 0 Å². The second-order valence-electron chi connectivity index (χ2n) is 4.18. The summed E-state index contributed by atoms with van der Waals surface area (Å²) in [6.45, 7) is 0. The molecular weight excluding hydrogens is 249 g/mol. The monoisotopic (exact) mass is 260 g/mol. The molecule has 0 aromatic heterocycles. The molecule has 18 heavy (non-hydrogen) atoms. The van der Waals surface area contributed by atoms with Crippen LogP contribution in [0.4, 0.5) is 13.2 Å². The molecule has 6 heteroatoms. The molecule has 1 fully saturated rings. The van der Waals surface area contributed by atoms with Crippen molar-refractivity contribution in [3.8, 4) is 5.75 Å². The number of halogens is 3. The van der Waals surface area contributed by atoms with Gasteiger partial charge in [-0.05, 0) is 37.5 Å². The summed E-state index contributed by atoms with van der Waals surface area (Å²) in [5.74, 6) is -1.53. The molecule has 0 heterocycles. The topological polar surface area (TPSA) is 46.5 Å². The van der Waals surface area contributed by atoms with Gasteiger partial charge in [-0.3, -0.25) is 0 Å². The summed E-state index contributed by atoms with van der Waals surface area (Å²) in [5, 5.41) is 8.72. The van der Waals surface area contributed by atoms with Gasteiger partial charge in [0.05, 0.1) is 17.2 Å². The molecule has 0 unspecified atom stereocenters. The Balaban J connectivity index is 2.32. The number of rotatable bonds is 3. The molecular formula is C12H11F3O3. The number of alkyl halides is 3. The highest BCUT2D eigenvalue weighted by Gasteiger charge is 2.36. The van der Waals surface area contributed by atoms with E-state index < -0.39 is 23.3 Å². The minimum atomic E-state index is -4.70. The van der Waals surface area contributed by atoms with Gasteiger partial charge in [-0.2, -0.15) is 13.2 Å². The van der Waals surface area contributed by atoms with Crippen LogP contribution in [0.5, 0.6) is 5.75 Å². The van der Waals surface area contributed by atoms with Crippen LogP contribution >= 0.6 is 0 Å². The van der Waals surface area contributed by atoms with E-state index in [9.17, 15) is 18.0 Å². The Morgan fingerprint density at radius 1 is 1.33 bits per heavy atom. The maximum Gasteiger partial charge on any atom is 0.417 e. The average molecular weight is 260 g/mol. The summed E-state index contributed by atoms with van der Waals surface area (Å²) in [6.07, 6.45) is -2.11. The normalized spacial score (nSPS) is 16.2. The van der Waals surface area contributed by atoms with Gasteiger partial charge in [-0.25, -0.2) is 4.79 Å². The molecule has 0 radical (unpaired) electrons. The summed E-state index contributed by atoms with van der Waals surface area (Å²) >= 11 is 0. The predicted molar refractivity (Wildman–Crippen MR) is 56.7 cm³/mol. The Bertz CT molecular complexity index is 464. The molecule has 1 saturated carbocycles. The van der Waals surface area contributed by atoms with E-state index in [2.05, 4.69) is 0 Å².